The normalized spacial score (nSPS) is 11.0. The molecule has 1 aromatic carbocycles. The van der Waals surface area contributed by atoms with Gasteiger partial charge in [-0.3, -0.25) is 15.0 Å². The summed E-state index contributed by atoms with van der Waals surface area (Å²) >= 11 is 0. The molecule has 0 saturated heterocycles. The Kier molecular flexibility index (Phi) is 7.79. The van der Waals surface area contributed by atoms with E-state index in [0.717, 1.165) is 17.5 Å². The maximum atomic E-state index is 11.2. The van der Waals surface area contributed by atoms with Crippen molar-refractivity contribution in [3.63, 3.8) is 0 Å². The summed E-state index contributed by atoms with van der Waals surface area (Å²) < 4.78 is 0. The Balaban J connectivity index is 2.75. The molecule has 0 saturated carbocycles. The van der Waals surface area contributed by atoms with Gasteiger partial charge in [0.05, 0.1) is 18.1 Å². The van der Waals surface area contributed by atoms with Crippen molar-refractivity contribution in [3.05, 3.63) is 33.4 Å². The van der Waals surface area contributed by atoms with Gasteiger partial charge in [-0.1, -0.05) is 6.92 Å². The van der Waals surface area contributed by atoms with Crippen LogP contribution in [0.1, 0.15) is 18.1 Å². The van der Waals surface area contributed by atoms with Crippen molar-refractivity contribution in [2.24, 2.45) is 0 Å². The Labute approximate surface area is 130 Å². The molecule has 7 heteroatoms. The molecule has 3 N–H and O–H groups in total. The van der Waals surface area contributed by atoms with E-state index in [1.165, 1.54) is 0 Å². The molecule has 0 unspecified atom stereocenters. The third-order valence-electron chi connectivity index (χ3n) is 3.61. The maximum absolute atomic E-state index is 11.2. The van der Waals surface area contributed by atoms with Crippen molar-refractivity contribution in [1.82, 2.24) is 4.90 Å². The molecule has 7 nitrogen and oxygen atoms in total. The lowest BCUT2D eigenvalue weighted by atomic mass is 10.0. The van der Waals surface area contributed by atoms with Gasteiger partial charge in [0.2, 0.25) is 0 Å². The zero-order valence-electron chi connectivity index (χ0n) is 13.2. The number of nitrogens with one attached hydrogen (secondary N) is 1. The number of nitrogens with zero attached hydrogens (tertiary/aromatic N) is 2. The summed E-state index contributed by atoms with van der Waals surface area (Å²) in [7, 11) is 0. The van der Waals surface area contributed by atoms with E-state index in [0.29, 0.717) is 31.9 Å². The van der Waals surface area contributed by atoms with Crippen LogP contribution in [0.25, 0.3) is 0 Å². The second-order valence-electron chi connectivity index (χ2n) is 5.12. The van der Waals surface area contributed by atoms with Gasteiger partial charge in [0, 0.05) is 32.2 Å². The molecule has 0 heterocycles. The molecule has 1 aromatic rings. The molecular formula is C15H25N3O4. The Hall–Kier alpha value is -1.70. The molecule has 0 aliphatic carbocycles. The van der Waals surface area contributed by atoms with Crippen LogP contribution in [0.2, 0.25) is 0 Å². The minimum atomic E-state index is -0.375. The number of rotatable bonds is 10. The first kappa shape index (κ1) is 18.3. The summed E-state index contributed by atoms with van der Waals surface area (Å²) in [6.07, 6.45) is 0.758. The van der Waals surface area contributed by atoms with Crippen LogP contribution in [-0.2, 0) is 6.42 Å². The number of nitro benzene ring substituents is 1. The fourth-order valence-electron chi connectivity index (χ4n) is 2.38. The minimum Gasteiger partial charge on any atom is -0.395 e. The Bertz CT molecular complexity index is 488. The summed E-state index contributed by atoms with van der Waals surface area (Å²) in [6, 6.07) is 3.43. The highest BCUT2D eigenvalue weighted by molar-refractivity contribution is 5.64. The predicted octanol–water partition coefficient (Wildman–Crippen LogP) is 1.16. The van der Waals surface area contributed by atoms with Gasteiger partial charge in [-0.15, -0.1) is 0 Å². The second-order valence-corrected chi connectivity index (χ2v) is 5.12. The number of benzene rings is 1. The highest BCUT2D eigenvalue weighted by atomic mass is 16.6. The number of aryl methyl sites for hydroxylation is 2. The smallest absolute Gasteiger partial charge is 0.292 e. The molecule has 0 bridgehead atoms. The number of hydrogen-bond acceptors (Lipinski definition) is 6. The molecule has 0 aliphatic heterocycles. The first-order valence-electron chi connectivity index (χ1n) is 7.49. The van der Waals surface area contributed by atoms with Crippen LogP contribution >= 0.6 is 0 Å². The van der Waals surface area contributed by atoms with Crippen LogP contribution in [0.15, 0.2) is 12.1 Å². The Morgan fingerprint density at radius 3 is 2.36 bits per heavy atom. The lowest BCUT2D eigenvalue weighted by molar-refractivity contribution is -0.384. The average molecular weight is 311 g/mol. The van der Waals surface area contributed by atoms with Gasteiger partial charge in [0.25, 0.3) is 5.69 Å². The number of hydrogen-bond donors (Lipinski definition) is 3. The summed E-state index contributed by atoms with van der Waals surface area (Å²) in [6.45, 7) is 5.99. The molecule has 124 valence electrons. The van der Waals surface area contributed by atoms with Crippen molar-refractivity contribution in [3.8, 4) is 0 Å². The molecule has 0 aromatic heterocycles. The van der Waals surface area contributed by atoms with Crippen LogP contribution in [-0.4, -0.2) is 59.4 Å². The molecule has 0 radical (unpaired) electrons. The third kappa shape index (κ3) is 5.25. The average Bonchev–Trinajstić information content (AvgIpc) is 2.47. The number of anilines is 1. The predicted molar refractivity (Wildman–Crippen MR) is 86.3 cm³/mol. The quantitative estimate of drug-likeness (QED) is 0.443. The molecule has 0 fully saturated rings. The summed E-state index contributed by atoms with van der Waals surface area (Å²) in [5.74, 6) is 0. The fraction of sp³-hybridized carbons (Fsp3) is 0.600. The maximum Gasteiger partial charge on any atom is 0.292 e. The van der Waals surface area contributed by atoms with Crippen molar-refractivity contribution >= 4 is 11.4 Å². The number of nitro groups is 1. The monoisotopic (exact) mass is 311 g/mol. The summed E-state index contributed by atoms with van der Waals surface area (Å²) in [5.41, 5.74) is 2.59. The van der Waals surface area contributed by atoms with E-state index >= 15 is 0 Å². The van der Waals surface area contributed by atoms with Gasteiger partial charge in [0.15, 0.2) is 0 Å². The molecule has 22 heavy (non-hydrogen) atoms. The highest BCUT2D eigenvalue weighted by Gasteiger charge is 2.16. The van der Waals surface area contributed by atoms with Gasteiger partial charge in [-0.2, -0.15) is 0 Å². The molecule has 0 atom stereocenters. The molecule has 1 rings (SSSR count). The highest BCUT2D eigenvalue weighted by Crippen LogP contribution is 2.28. The van der Waals surface area contributed by atoms with Crippen LogP contribution < -0.4 is 5.32 Å². The molecule has 0 amide bonds. The van der Waals surface area contributed by atoms with Gasteiger partial charge in [0.1, 0.15) is 5.69 Å². The van der Waals surface area contributed by atoms with Crippen LogP contribution in [0.4, 0.5) is 11.4 Å². The van der Waals surface area contributed by atoms with Gasteiger partial charge in [-0.25, -0.2) is 0 Å². The van der Waals surface area contributed by atoms with Crippen LogP contribution in [0.3, 0.4) is 0 Å². The lowest BCUT2D eigenvalue weighted by Crippen LogP contribution is -2.34. The summed E-state index contributed by atoms with van der Waals surface area (Å²) in [4.78, 5) is 12.7. The minimum absolute atomic E-state index is 0.0183. The van der Waals surface area contributed by atoms with Crippen molar-refractivity contribution in [2.75, 3.05) is 44.7 Å². The van der Waals surface area contributed by atoms with Gasteiger partial charge >= 0.3 is 0 Å². The molecule has 0 spiro atoms. The number of aliphatic hydroxyl groups excluding tert-OH is 2. The van der Waals surface area contributed by atoms with E-state index in [-0.39, 0.29) is 23.8 Å². The Morgan fingerprint density at radius 2 is 1.86 bits per heavy atom. The molecular weight excluding hydrogens is 286 g/mol. The standard InChI is InChI=1S/C15H25N3O4/c1-3-13-11-15(18(21)22)14(10-12(13)2)16-4-5-17(6-8-19)7-9-20/h10-11,16,19-20H,3-9H2,1-2H3. The van der Waals surface area contributed by atoms with E-state index in [9.17, 15) is 10.1 Å². The molecule has 0 aliphatic rings. The largest absolute Gasteiger partial charge is 0.395 e. The van der Waals surface area contributed by atoms with Crippen molar-refractivity contribution in [1.29, 1.82) is 0 Å². The summed E-state index contributed by atoms with van der Waals surface area (Å²) in [5, 5.41) is 32.2. The first-order valence-corrected chi connectivity index (χ1v) is 7.49. The van der Waals surface area contributed by atoms with Crippen LogP contribution in [0.5, 0.6) is 0 Å². The van der Waals surface area contributed by atoms with E-state index in [1.807, 2.05) is 18.7 Å². The van der Waals surface area contributed by atoms with E-state index in [1.54, 1.807) is 12.1 Å². The van der Waals surface area contributed by atoms with E-state index in [2.05, 4.69) is 5.32 Å². The van der Waals surface area contributed by atoms with E-state index < -0.39 is 0 Å². The fourth-order valence-corrected chi connectivity index (χ4v) is 2.38. The van der Waals surface area contributed by atoms with E-state index in [4.69, 9.17) is 10.2 Å². The lowest BCUT2D eigenvalue weighted by Gasteiger charge is -2.20. The van der Waals surface area contributed by atoms with Gasteiger partial charge in [-0.05, 0) is 30.5 Å². The zero-order chi connectivity index (χ0) is 16.5. The Morgan fingerprint density at radius 1 is 1.23 bits per heavy atom. The SMILES string of the molecule is CCc1cc([N+](=O)[O-])c(NCCN(CCO)CCO)cc1C. The second kappa shape index (κ2) is 9.34. The van der Waals surface area contributed by atoms with Gasteiger partial charge < -0.3 is 15.5 Å². The first-order chi connectivity index (χ1) is 10.5. The number of aliphatic hydroxyl groups is 2. The van der Waals surface area contributed by atoms with Crippen molar-refractivity contribution in [2.45, 2.75) is 20.3 Å². The third-order valence-corrected chi connectivity index (χ3v) is 3.61. The zero-order valence-corrected chi connectivity index (χ0v) is 13.2. The topological polar surface area (TPSA) is 98.9 Å². The van der Waals surface area contributed by atoms with Crippen LogP contribution in [0, 0.1) is 17.0 Å². The van der Waals surface area contributed by atoms with Crippen molar-refractivity contribution < 1.29 is 15.1 Å².